The maximum atomic E-state index is 13.9. The van der Waals surface area contributed by atoms with E-state index in [2.05, 4.69) is 15.0 Å². The molecule has 1 aromatic carbocycles. The van der Waals surface area contributed by atoms with Crippen molar-refractivity contribution >= 4 is 17.0 Å². The van der Waals surface area contributed by atoms with Gasteiger partial charge in [-0.15, -0.1) is 0 Å². The minimum atomic E-state index is -0.411. The first-order chi connectivity index (χ1) is 9.19. The van der Waals surface area contributed by atoms with E-state index in [-0.39, 0.29) is 5.56 Å². The first-order valence-electron chi connectivity index (χ1n) is 5.64. The first kappa shape index (κ1) is 11.5. The normalized spacial score (nSPS) is 10.8. The number of imidazole rings is 1. The third kappa shape index (κ3) is 1.87. The zero-order chi connectivity index (χ0) is 13.4. The lowest BCUT2D eigenvalue weighted by Gasteiger charge is -2.06. The standard InChI is InChI=1S/C13H11FN4O/c1-19-9-4-2-3-7(14)11(9)13-16-8-5-6-10(15)17-12(8)18-13/h2-6H,1H3,(H3,15,16,17,18). The Morgan fingerprint density at radius 3 is 2.84 bits per heavy atom. The number of hydrogen-bond donors (Lipinski definition) is 2. The van der Waals surface area contributed by atoms with Gasteiger partial charge in [0.25, 0.3) is 0 Å². The number of nitrogens with one attached hydrogen (secondary N) is 1. The summed E-state index contributed by atoms with van der Waals surface area (Å²) in [6.07, 6.45) is 0. The molecule has 3 N–H and O–H groups in total. The molecule has 0 fully saturated rings. The van der Waals surface area contributed by atoms with Gasteiger partial charge in [0, 0.05) is 0 Å². The number of nitrogen functional groups attached to an aromatic ring is 1. The third-order valence-electron chi connectivity index (χ3n) is 2.80. The highest BCUT2D eigenvalue weighted by Gasteiger charge is 2.15. The van der Waals surface area contributed by atoms with Gasteiger partial charge in [0.15, 0.2) is 5.65 Å². The largest absolute Gasteiger partial charge is 0.496 e. The summed E-state index contributed by atoms with van der Waals surface area (Å²) in [6.45, 7) is 0. The monoisotopic (exact) mass is 258 g/mol. The second-order valence-electron chi connectivity index (χ2n) is 4.01. The molecule has 5 nitrogen and oxygen atoms in total. The molecule has 0 saturated carbocycles. The van der Waals surface area contributed by atoms with Crippen molar-refractivity contribution in [2.75, 3.05) is 12.8 Å². The second kappa shape index (κ2) is 4.24. The number of nitrogens with zero attached hydrogens (tertiary/aromatic N) is 2. The Bertz CT molecular complexity index is 753. The van der Waals surface area contributed by atoms with Crippen molar-refractivity contribution < 1.29 is 9.13 Å². The molecule has 2 heterocycles. The number of nitrogens with two attached hydrogens (primary N) is 1. The van der Waals surface area contributed by atoms with Crippen LogP contribution in [-0.2, 0) is 0 Å². The highest BCUT2D eigenvalue weighted by molar-refractivity contribution is 5.79. The van der Waals surface area contributed by atoms with E-state index < -0.39 is 5.82 Å². The van der Waals surface area contributed by atoms with E-state index in [1.54, 1.807) is 24.3 Å². The van der Waals surface area contributed by atoms with Crippen LogP contribution in [0.15, 0.2) is 30.3 Å². The van der Waals surface area contributed by atoms with E-state index in [1.807, 2.05) is 0 Å². The van der Waals surface area contributed by atoms with E-state index in [0.29, 0.717) is 28.6 Å². The molecule has 0 amide bonds. The summed E-state index contributed by atoms with van der Waals surface area (Å²) in [6, 6.07) is 8.02. The number of halogens is 1. The van der Waals surface area contributed by atoms with Gasteiger partial charge in [-0.25, -0.2) is 14.4 Å². The number of hydrogen-bond acceptors (Lipinski definition) is 4. The van der Waals surface area contributed by atoms with Gasteiger partial charge in [-0.05, 0) is 24.3 Å². The van der Waals surface area contributed by atoms with Crippen LogP contribution in [0.25, 0.3) is 22.6 Å². The Morgan fingerprint density at radius 2 is 2.05 bits per heavy atom. The zero-order valence-corrected chi connectivity index (χ0v) is 10.1. The summed E-state index contributed by atoms with van der Waals surface area (Å²) in [5, 5.41) is 0. The van der Waals surface area contributed by atoms with Gasteiger partial charge in [-0.1, -0.05) is 6.07 Å². The van der Waals surface area contributed by atoms with Crippen LogP contribution in [0.3, 0.4) is 0 Å². The van der Waals surface area contributed by atoms with E-state index in [9.17, 15) is 4.39 Å². The summed E-state index contributed by atoms with van der Waals surface area (Å²) in [7, 11) is 1.48. The molecule has 0 radical (unpaired) electrons. The lowest BCUT2D eigenvalue weighted by Crippen LogP contribution is -1.92. The summed E-state index contributed by atoms with van der Waals surface area (Å²) in [4.78, 5) is 11.3. The van der Waals surface area contributed by atoms with Gasteiger partial charge in [-0.2, -0.15) is 0 Å². The fourth-order valence-corrected chi connectivity index (χ4v) is 1.93. The number of benzene rings is 1. The van der Waals surface area contributed by atoms with E-state index in [1.165, 1.54) is 13.2 Å². The van der Waals surface area contributed by atoms with Crippen molar-refractivity contribution in [3.63, 3.8) is 0 Å². The van der Waals surface area contributed by atoms with Gasteiger partial charge in [0.1, 0.15) is 23.2 Å². The van der Waals surface area contributed by atoms with Gasteiger partial charge in [-0.3, -0.25) is 0 Å². The van der Waals surface area contributed by atoms with Crippen molar-refractivity contribution in [2.24, 2.45) is 0 Å². The Balaban J connectivity index is 2.24. The van der Waals surface area contributed by atoms with Gasteiger partial charge < -0.3 is 15.5 Å². The molecule has 2 aromatic heterocycles. The first-order valence-corrected chi connectivity index (χ1v) is 5.64. The van der Waals surface area contributed by atoms with Crippen molar-refractivity contribution in [2.45, 2.75) is 0 Å². The number of ether oxygens (including phenoxy) is 1. The quantitative estimate of drug-likeness (QED) is 0.739. The summed E-state index contributed by atoms with van der Waals surface area (Å²) in [5.74, 6) is 0.729. The fraction of sp³-hybridized carbons (Fsp3) is 0.0769. The molecular weight excluding hydrogens is 247 g/mol. The van der Waals surface area contributed by atoms with Crippen LogP contribution in [0, 0.1) is 5.82 Å². The van der Waals surface area contributed by atoms with Crippen molar-refractivity contribution in [3.8, 4) is 17.1 Å². The van der Waals surface area contributed by atoms with E-state index >= 15 is 0 Å². The number of methoxy groups -OCH3 is 1. The van der Waals surface area contributed by atoms with Crippen molar-refractivity contribution in [1.82, 2.24) is 15.0 Å². The maximum absolute atomic E-state index is 13.9. The highest BCUT2D eigenvalue weighted by atomic mass is 19.1. The number of rotatable bonds is 2. The molecule has 0 unspecified atom stereocenters. The van der Waals surface area contributed by atoms with Crippen LogP contribution in [0.4, 0.5) is 10.2 Å². The molecule has 0 saturated heterocycles. The van der Waals surface area contributed by atoms with Crippen LogP contribution < -0.4 is 10.5 Å². The predicted octanol–water partition coefficient (Wildman–Crippen LogP) is 2.35. The molecule has 3 rings (SSSR count). The van der Waals surface area contributed by atoms with Crippen molar-refractivity contribution in [1.29, 1.82) is 0 Å². The summed E-state index contributed by atoms with van der Waals surface area (Å²) >= 11 is 0. The molecule has 0 spiro atoms. The number of pyridine rings is 1. The number of aromatic amines is 1. The fourth-order valence-electron chi connectivity index (χ4n) is 1.93. The van der Waals surface area contributed by atoms with Gasteiger partial charge >= 0.3 is 0 Å². The molecule has 0 atom stereocenters. The second-order valence-corrected chi connectivity index (χ2v) is 4.01. The average Bonchev–Trinajstić information content (AvgIpc) is 2.80. The Hall–Kier alpha value is -2.63. The number of anilines is 1. The summed E-state index contributed by atoms with van der Waals surface area (Å²) in [5.41, 5.74) is 7.01. The SMILES string of the molecule is COc1cccc(F)c1-c1nc2nc(N)ccc2[nH]1. The maximum Gasteiger partial charge on any atom is 0.180 e. The smallest absolute Gasteiger partial charge is 0.180 e. The number of aromatic nitrogens is 3. The van der Waals surface area contributed by atoms with Crippen LogP contribution in [0.1, 0.15) is 0 Å². The topological polar surface area (TPSA) is 76.8 Å². The zero-order valence-electron chi connectivity index (χ0n) is 10.1. The molecule has 0 bridgehead atoms. The third-order valence-corrected chi connectivity index (χ3v) is 2.80. The van der Waals surface area contributed by atoms with Gasteiger partial charge in [0.2, 0.25) is 0 Å². The minimum absolute atomic E-state index is 0.279. The van der Waals surface area contributed by atoms with E-state index in [4.69, 9.17) is 10.5 Å². The summed E-state index contributed by atoms with van der Waals surface area (Å²) < 4.78 is 19.1. The molecule has 0 aliphatic rings. The number of fused-ring (bicyclic) bond motifs is 1. The van der Waals surface area contributed by atoms with Gasteiger partial charge in [0.05, 0.1) is 18.2 Å². The molecule has 0 aliphatic heterocycles. The number of H-pyrrole nitrogens is 1. The molecule has 19 heavy (non-hydrogen) atoms. The van der Waals surface area contributed by atoms with Crippen LogP contribution in [0.5, 0.6) is 5.75 Å². The molecule has 96 valence electrons. The van der Waals surface area contributed by atoms with Crippen LogP contribution in [0.2, 0.25) is 0 Å². The molecule has 6 heteroatoms. The molecular formula is C13H11FN4O. The van der Waals surface area contributed by atoms with Crippen LogP contribution >= 0.6 is 0 Å². The Morgan fingerprint density at radius 1 is 1.21 bits per heavy atom. The Labute approximate surface area is 108 Å². The molecule has 3 aromatic rings. The lowest BCUT2D eigenvalue weighted by molar-refractivity contribution is 0.413. The van der Waals surface area contributed by atoms with Crippen LogP contribution in [-0.4, -0.2) is 22.1 Å². The Kier molecular flexibility index (Phi) is 2.56. The lowest BCUT2D eigenvalue weighted by atomic mass is 10.2. The predicted molar refractivity (Wildman–Crippen MR) is 70.2 cm³/mol. The molecule has 0 aliphatic carbocycles. The minimum Gasteiger partial charge on any atom is -0.496 e. The average molecular weight is 258 g/mol. The van der Waals surface area contributed by atoms with Crippen molar-refractivity contribution in [3.05, 3.63) is 36.1 Å². The highest BCUT2D eigenvalue weighted by Crippen LogP contribution is 2.31. The van der Waals surface area contributed by atoms with E-state index in [0.717, 1.165) is 0 Å².